The molecule has 0 saturated heterocycles. The number of rotatable bonds is 7. The van der Waals surface area contributed by atoms with Crippen molar-refractivity contribution in [1.29, 1.82) is 0 Å². The Kier molecular flexibility index (Phi) is 6.21. The zero-order valence-electron chi connectivity index (χ0n) is 12.1. The highest BCUT2D eigenvalue weighted by Crippen LogP contribution is 2.20. The van der Waals surface area contributed by atoms with Gasteiger partial charge in [-0.25, -0.2) is 17.5 Å². The minimum Gasteiger partial charge on any atom is -0.389 e. The Labute approximate surface area is 129 Å². The Morgan fingerprint density at radius 3 is 2.57 bits per heavy atom. The summed E-state index contributed by atoms with van der Waals surface area (Å²) in [5.41, 5.74) is 5.16. The Morgan fingerprint density at radius 2 is 2.10 bits per heavy atom. The molecular formula is C13H19FN2O3S2. The fraction of sp³-hybridized carbons (Fsp3) is 0.462. The number of methoxy groups -OCH3 is 1. The van der Waals surface area contributed by atoms with Crippen LogP contribution in [-0.4, -0.2) is 33.2 Å². The number of thiocarbonyl (C=S) groups is 1. The molecule has 0 aliphatic carbocycles. The fourth-order valence-corrected chi connectivity index (χ4v) is 3.64. The van der Waals surface area contributed by atoms with Crippen molar-refractivity contribution in [1.82, 2.24) is 4.72 Å². The molecule has 1 aromatic carbocycles. The normalized spacial score (nSPS) is 13.4. The average molecular weight is 334 g/mol. The summed E-state index contributed by atoms with van der Waals surface area (Å²) in [6.45, 7) is 3.91. The number of nitrogens with two attached hydrogens (primary N) is 1. The third-order valence-electron chi connectivity index (χ3n) is 2.97. The van der Waals surface area contributed by atoms with Gasteiger partial charge in [-0.3, -0.25) is 0 Å². The zero-order chi connectivity index (χ0) is 16.2. The molecule has 0 saturated carbocycles. The van der Waals surface area contributed by atoms with E-state index in [1.54, 1.807) is 0 Å². The molecule has 5 nitrogen and oxygen atoms in total. The molecule has 0 fully saturated rings. The molecular weight excluding hydrogens is 315 g/mol. The third kappa shape index (κ3) is 4.44. The molecule has 0 spiro atoms. The zero-order valence-corrected chi connectivity index (χ0v) is 13.7. The number of hydrogen-bond acceptors (Lipinski definition) is 4. The minimum atomic E-state index is -3.96. The van der Waals surface area contributed by atoms with Crippen LogP contribution in [0.4, 0.5) is 4.39 Å². The van der Waals surface area contributed by atoms with Crippen molar-refractivity contribution in [3.8, 4) is 0 Å². The first kappa shape index (κ1) is 18.0. The van der Waals surface area contributed by atoms with Crippen molar-refractivity contribution in [2.75, 3.05) is 13.7 Å². The Bertz CT molecular complexity index is 618. The monoisotopic (exact) mass is 334 g/mol. The van der Waals surface area contributed by atoms with Crippen LogP contribution in [0.5, 0.6) is 0 Å². The highest BCUT2D eigenvalue weighted by atomic mass is 32.2. The molecule has 3 N–H and O–H groups in total. The molecule has 0 aromatic heterocycles. The van der Waals surface area contributed by atoms with Crippen LogP contribution in [0.15, 0.2) is 23.1 Å². The van der Waals surface area contributed by atoms with Crippen LogP contribution < -0.4 is 10.5 Å². The molecule has 21 heavy (non-hydrogen) atoms. The van der Waals surface area contributed by atoms with Crippen LogP contribution in [-0.2, 0) is 14.8 Å². The van der Waals surface area contributed by atoms with Crippen molar-refractivity contribution < 1.29 is 17.5 Å². The van der Waals surface area contributed by atoms with Crippen LogP contribution in [0.25, 0.3) is 0 Å². The largest absolute Gasteiger partial charge is 0.389 e. The number of nitrogens with one attached hydrogen (secondary N) is 1. The lowest BCUT2D eigenvalue weighted by molar-refractivity contribution is 0.157. The van der Waals surface area contributed by atoms with E-state index < -0.39 is 21.9 Å². The van der Waals surface area contributed by atoms with Gasteiger partial charge in [0.2, 0.25) is 10.0 Å². The van der Waals surface area contributed by atoms with E-state index in [4.69, 9.17) is 22.7 Å². The molecule has 0 bridgehead atoms. The molecule has 8 heteroatoms. The van der Waals surface area contributed by atoms with Crippen LogP contribution in [0.1, 0.15) is 19.4 Å². The van der Waals surface area contributed by atoms with Gasteiger partial charge in [-0.1, -0.05) is 32.1 Å². The van der Waals surface area contributed by atoms with Crippen molar-refractivity contribution in [2.24, 2.45) is 11.7 Å². The molecule has 118 valence electrons. The van der Waals surface area contributed by atoms with Gasteiger partial charge in [-0.2, -0.15) is 0 Å². The Hall–Kier alpha value is -1.09. The maximum absolute atomic E-state index is 13.8. The lowest BCUT2D eigenvalue weighted by Crippen LogP contribution is -2.42. The predicted molar refractivity (Wildman–Crippen MR) is 83.1 cm³/mol. The predicted octanol–water partition coefficient (Wildman–Crippen LogP) is 1.41. The van der Waals surface area contributed by atoms with Crippen molar-refractivity contribution in [3.05, 3.63) is 29.6 Å². The summed E-state index contributed by atoms with van der Waals surface area (Å²) in [5.74, 6) is -0.764. The number of benzene rings is 1. The van der Waals surface area contributed by atoms with Gasteiger partial charge in [0.1, 0.15) is 10.8 Å². The van der Waals surface area contributed by atoms with Crippen LogP contribution in [0, 0.1) is 11.7 Å². The molecule has 1 rings (SSSR count). The van der Waals surface area contributed by atoms with E-state index in [0.717, 1.165) is 6.07 Å². The standard InChI is InChI=1S/C13H19FN2O3S2/c1-8(2)10(7-19-3)16-21(17,18)11-6-4-5-9(14)12(11)13(15)20/h4-6,8,10,16H,7H2,1-3H3,(H2,15,20). The van der Waals surface area contributed by atoms with Crippen LogP contribution in [0.2, 0.25) is 0 Å². The molecule has 0 radical (unpaired) electrons. The lowest BCUT2D eigenvalue weighted by atomic mass is 10.1. The summed E-state index contributed by atoms with van der Waals surface area (Å²) >= 11 is 4.74. The second kappa shape index (κ2) is 7.26. The van der Waals surface area contributed by atoms with E-state index in [9.17, 15) is 12.8 Å². The fourth-order valence-electron chi connectivity index (χ4n) is 1.77. The van der Waals surface area contributed by atoms with Crippen LogP contribution in [0.3, 0.4) is 0 Å². The Balaban J connectivity index is 3.25. The van der Waals surface area contributed by atoms with Crippen molar-refractivity contribution in [3.63, 3.8) is 0 Å². The van der Waals surface area contributed by atoms with Gasteiger partial charge >= 0.3 is 0 Å². The summed E-state index contributed by atoms with van der Waals surface area (Å²) in [5, 5.41) is 0. The molecule has 1 atom stereocenters. The second-order valence-electron chi connectivity index (χ2n) is 4.90. The second-order valence-corrected chi connectivity index (χ2v) is 7.03. The SMILES string of the molecule is COCC(NS(=O)(=O)c1cccc(F)c1C(N)=S)C(C)C. The number of hydrogen-bond donors (Lipinski definition) is 2. The summed E-state index contributed by atoms with van der Waals surface area (Å²) in [4.78, 5) is -0.571. The molecule has 1 aromatic rings. The minimum absolute atomic E-state index is 0.00145. The maximum Gasteiger partial charge on any atom is 0.241 e. The highest BCUT2D eigenvalue weighted by molar-refractivity contribution is 7.89. The highest BCUT2D eigenvalue weighted by Gasteiger charge is 2.26. The topological polar surface area (TPSA) is 81.4 Å². The van der Waals surface area contributed by atoms with Crippen molar-refractivity contribution in [2.45, 2.75) is 24.8 Å². The summed E-state index contributed by atoms with van der Waals surface area (Å²) < 4.78 is 46.2. The quantitative estimate of drug-likeness (QED) is 0.737. The molecule has 0 heterocycles. The molecule has 0 aliphatic heterocycles. The number of halogens is 1. The van der Waals surface area contributed by atoms with Gasteiger partial charge in [0, 0.05) is 13.2 Å². The van der Waals surface area contributed by atoms with Gasteiger partial charge in [0.05, 0.1) is 17.1 Å². The summed E-state index contributed by atoms with van der Waals surface area (Å²) in [6, 6.07) is 3.24. The third-order valence-corrected chi connectivity index (χ3v) is 4.71. The molecule has 0 aliphatic rings. The van der Waals surface area contributed by atoms with E-state index in [2.05, 4.69) is 4.72 Å². The first-order valence-electron chi connectivity index (χ1n) is 6.30. The van der Waals surface area contributed by atoms with E-state index in [0.29, 0.717) is 0 Å². The smallest absolute Gasteiger partial charge is 0.241 e. The summed E-state index contributed by atoms with van der Waals surface area (Å²) in [6.07, 6.45) is 0. The molecule has 1 unspecified atom stereocenters. The van der Waals surface area contributed by atoms with Gasteiger partial charge in [-0.15, -0.1) is 0 Å². The Morgan fingerprint density at radius 1 is 1.48 bits per heavy atom. The van der Waals surface area contributed by atoms with Gasteiger partial charge in [0.15, 0.2) is 0 Å². The summed E-state index contributed by atoms with van der Waals surface area (Å²) in [7, 11) is -2.48. The van der Waals surface area contributed by atoms with Gasteiger partial charge in [-0.05, 0) is 18.1 Å². The van der Waals surface area contributed by atoms with Crippen molar-refractivity contribution >= 4 is 27.2 Å². The molecule has 0 amide bonds. The van der Waals surface area contributed by atoms with E-state index in [1.165, 1.54) is 19.2 Å². The van der Waals surface area contributed by atoms with E-state index in [1.807, 2.05) is 13.8 Å². The first-order chi connectivity index (χ1) is 9.70. The number of sulfonamides is 1. The lowest BCUT2D eigenvalue weighted by Gasteiger charge is -2.22. The van der Waals surface area contributed by atoms with Crippen LogP contribution >= 0.6 is 12.2 Å². The first-order valence-corrected chi connectivity index (χ1v) is 8.19. The van der Waals surface area contributed by atoms with Gasteiger partial charge < -0.3 is 10.5 Å². The van der Waals surface area contributed by atoms with E-state index >= 15 is 0 Å². The average Bonchev–Trinajstić information content (AvgIpc) is 2.37. The van der Waals surface area contributed by atoms with E-state index in [-0.39, 0.29) is 28.0 Å². The maximum atomic E-state index is 13.8. The van der Waals surface area contributed by atoms with Gasteiger partial charge in [0.25, 0.3) is 0 Å². The number of ether oxygens (including phenoxy) is 1.